The third kappa shape index (κ3) is 2.78. The second kappa shape index (κ2) is 5.73. The second-order valence-corrected chi connectivity index (χ2v) is 5.45. The van der Waals surface area contributed by atoms with Gasteiger partial charge in [-0.3, -0.25) is 0 Å². The number of anilines is 1. The minimum Gasteiger partial charge on any atom is -0.392 e. The Hall–Kier alpha value is -2.47. The summed E-state index contributed by atoms with van der Waals surface area (Å²) < 4.78 is 1.78. The van der Waals surface area contributed by atoms with E-state index in [-0.39, 0.29) is 0 Å². The molecular formula is C16H19N5O. The van der Waals surface area contributed by atoms with E-state index in [9.17, 15) is 5.11 Å². The van der Waals surface area contributed by atoms with Crippen LogP contribution in [0, 0.1) is 13.8 Å². The van der Waals surface area contributed by atoms with Crippen molar-refractivity contribution in [2.75, 3.05) is 11.9 Å². The molecule has 0 amide bonds. The highest BCUT2D eigenvalue weighted by molar-refractivity contribution is 5.78. The summed E-state index contributed by atoms with van der Waals surface area (Å²) in [6.45, 7) is 6.06. The van der Waals surface area contributed by atoms with Crippen LogP contribution in [-0.4, -0.2) is 37.5 Å². The van der Waals surface area contributed by atoms with Crippen molar-refractivity contribution in [3.8, 4) is 5.82 Å². The van der Waals surface area contributed by atoms with Gasteiger partial charge in [-0.2, -0.15) is 5.10 Å². The largest absolute Gasteiger partial charge is 0.392 e. The lowest BCUT2D eigenvalue weighted by Gasteiger charge is -2.13. The fourth-order valence-corrected chi connectivity index (χ4v) is 2.34. The number of nitrogens with zero attached hydrogens (tertiary/aromatic N) is 4. The van der Waals surface area contributed by atoms with Crippen LogP contribution in [0.3, 0.4) is 0 Å². The average molecular weight is 297 g/mol. The van der Waals surface area contributed by atoms with Crippen molar-refractivity contribution in [2.45, 2.75) is 26.9 Å². The van der Waals surface area contributed by atoms with Crippen LogP contribution < -0.4 is 5.32 Å². The molecule has 1 aromatic carbocycles. The third-order valence-corrected chi connectivity index (χ3v) is 3.33. The highest BCUT2D eigenvalue weighted by Gasteiger charge is 2.14. The number of aromatic nitrogens is 4. The smallest absolute Gasteiger partial charge is 0.197 e. The predicted octanol–water partition coefficient (Wildman–Crippen LogP) is 2.23. The first-order valence-corrected chi connectivity index (χ1v) is 7.27. The maximum Gasteiger partial charge on any atom is 0.197 e. The summed E-state index contributed by atoms with van der Waals surface area (Å²) >= 11 is 0. The lowest BCUT2D eigenvalue weighted by Crippen LogP contribution is -2.18. The van der Waals surface area contributed by atoms with E-state index in [1.165, 1.54) is 0 Å². The first-order valence-electron chi connectivity index (χ1n) is 7.27. The molecule has 22 heavy (non-hydrogen) atoms. The van der Waals surface area contributed by atoms with Crippen molar-refractivity contribution in [1.82, 2.24) is 19.7 Å². The topological polar surface area (TPSA) is 75.9 Å². The van der Waals surface area contributed by atoms with Crippen molar-refractivity contribution < 1.29 is 5.11 Å². The molecule has 0 unspecified atom stereocenters. The number of aliphatic hydroxyl groups is 1. The van der Waals surface area contributed by atoms with E-state index in [0.717, 1.165) is 22.4 Å². The van der Waals surface area contributed by atoms with Crippen LogP contribution in [0.2, 0.25) is 0 Å². The SMILES string of the molecule is Cc1cc(C)n(-c2nc3ccccc3nc2NC[C@@H](C)O)n1. The summed E-state index contributed by atoms with van der Waals surface area (Å²) in [6.07, 6.45) is -0.471. The van der Waals surface area contributed by atoms with Crippen molar-refractivity contribution >= 4 is 16.9 Å². The number of hydrogen-bond acceptors (Lipinski definition) is 5. The Morgan fingerprint density at radius 2 is 1.86 bits per heavy atom. The molecule has 0 aliphatic carbocycles. The van der Waals surface area contributed by atoms with Crippen LogP contribution in [0.25, 0.3) is 16.9 Å². The molecule has 2 heterocycles. The minimum absolute atomic E-state index is 0.402. The number of aliphatic hydroxyl groups excluding tert-OH is 1. The van der Waals surface area contributed by atoms with E-state index in [1.807, 2.05) is 44.2 Å². The maximum atomic E-state index is 9.51. The van der Waals surface area contributed by atoms with Gasteiger partial charge in [0.1, 0.15) is 0 Å². The quantitative estimate of drug-likeness (QED) is 0.772. The lowest BCUT2D eigenvalue weighted by atomic mass is 10.3. The molecule has 2 N–H and O–H groups in total. The van der Waals surface area contributed by atoms with Gasteiger partial charge in [0.25, 0.3) is 0 Å². The van der Waals surface area contributed by atoms with Gasteiger partial charge in [0.2, 0.25) is 0 Å². The van der Waals surface area contributed by atoms with Crippen molar-refractivity contribution in [1.29, 1.82) is 0 Å². The number of hydrogen-bond donors (Lipinski definition) is 2. The minimum atomic E-state index is -0.471. The van der Waals surface area contributed by atoms with Crippen LogP contribution in [-0.2, 0) is 0 Å². The fourth-order valence-electron chi connectivity index (χ4n) is 2.34. The lowest BCUT2D eigenvalue weighted by molar-refractivity contribution is 0.208. The highest BCUT2D eigenvalue weighted by Crippen LogP contribution is 2.21. The summed E-state index contributed by atoms with van der Waals surface area (Å²) in [5.41, 5.74) is 3.53. The molecule has 6 nitrogen and oxygen atoms in total. The second-order valence-electron chi connectivity index (χ2n) is 5.45. The van der Waals surface area contributed by atoms with E-state index in [2.05, 4.69) is 15.4 Å². The Bertz CT molecular complexity index is 809. The molecule has 0 fully saturated rings. The molecule has 0 saturated heterocycles. The van der Waals surface area contributed by atoms with E-state index < -0.39 is 6.10 Å². The van der Waals surface area contributed by atoms with Crippen LogP contribution in [0.5, 0.6) is 0 Å². The van der Waals surface area contributed by atoms with Crippen molar-refractivity contribution in [3.05, 3.63) is 41.7 Å². The molecule has 0 radical (unpaired) electrons. The Morgan fingerprint density at radius 1 is 1.18 bits per heavy atom. The Kier molecular flexibility index (Phi) is 3.77. The van der Waals surface area contributed by atoms with Crippen LogP contribution in [0.4, 0.5) is 5.82 Å². The van der Waals surface area contributed by atoms with Crippen molar-refractivity contribution in [3.63, 3.8) is 0 Å². The zero-order valence-corrected chi connectivity index (χ0v) is 12.9. The van der Waals surface area contributed by atoms with Crippen LogP contribution >= 0.6 is 0 Å². The maximum absolute atomic E-state index is 9.51. The van der Waals surface area contributed by atoms with Gasteiger partial charge in [0, 0.05) is 12.2 Å². The number of nitrogens with one attached hydrogen (secondary N) is 1. The average Bonchev–Trinajstić information content (AvgIpc) is 2.82. The molecule has 3 rings (SSSR count). The molecular weight excluding hydrogens is 278 g/mol. The third-order valence-electron chi connectivity index (χ3n) is 3.33. The van der Waals surface area contributed by atoms with Crippen molar-refractivity contribution in [2.24, 2.45) is 0 Å². The number of aryl methyl sites for hydroxylation is 2. The van der Waals surface area contributed by atoms with E-state index in [1.54, 1.807) is 11.6 Å². The molecule has 3 aromatic rings. The number of rotatable bonds is 4. The first kappa shape index (κ1) is 14.5. The molecule has 0 spiro atoms. The Morgan fingerprint density at radius 3 is 2.45 bits per heavy atom. The molecule has 0 aliphatic rings. The van der Waals surface area contributed by atoms with Crippen LogP contribution in [0.15, 0.2) is 30.3 Å². The molecule has 2 aromatic heterocycles. The Labute approximate surface area is 128 Å². The molecule has 1 atom stereocenters. The Balaban J connectivity index is 2.16. The van der Waals surface area contributed by atoms with Gasteiger partial charge in [-0.25, -0.2) is 14.6 Å². The predicted molar refractivity (Wildman–Crippen MR) is 86.3 cm³/mol. The van der Waals surface area contributed by atoms with Gasteiger partial charge in [-0.15, -0.1) is 0 Å². The normalized spacial score (nSPS) is 12.5. The van der Waals surface area contributed by atoms with E-state index in [0.29, 0.717) is 18.2 Å². The monoisotopic (exact) mass is 297 g/mol. The molecule has 0 saturated carbocycles. The van der Waals surface area contributed by atoms with E-state index >= 15 is 0 Å². The summed E-state index contributed by atoms with van der Waals surface area (Å²) in [6, 6.07) is 9.70. The van der Waals surface area contributed by atoms with Gasteiger partial charge < -0.3 is 10.4 Å². The zero-order chi connectivity index (χ0) is 15.7. The summed E-state index contributed by atoms with van der Waals surface area (Å²) in [7, 11) is 0. The number of benzene rings is 1. The summed E-state index contributed by atoms with van der Waals surface area (Å²) in [4.78, 5) is 9.32. The summed E-state index contributed by atoms with van der Waals surface area (Å²) in [5, 5.41) is 17.2. The van der Waals surface area contributed by atoms with Gasteiger partial charge in [0.15, 0.2) is 11.6 Å². The fraction of sp³-hybridized carbons (Fsp3) is 0.312. The molecule has 114 valence electrons. The highest BCUT2D eigenvalue weighted by atomic mass is 16.3. The van der Waals surface area contributed by atoms with Gasteiger partial charge in [-0.05, 0) is 39.0 Å². The summed E-state index contributed by atoms with van der Waals surface area (Å²) in [5.74, 6) is 1.26. The van der Waals surface area contributed by atoms with E-state index in [4.69, 9.17) is 4.98 Å². The molecule has 0 bridgehead atoms. The first-order chi connectivity index (χ1) is 10.5. The number of fused-ring (bicyclic) bond motifs is 1. The molecule has 6 heteroatoms. The molecule has 0 aliphatic heterocycles. The van der Waals surface area contributed by atoms with Crippen LogP contribution in [0.1, 0.15) is 18.3 Å². The zero-order valence-electron chi connectivity index (χ0n) is 12.9. The van der Waals surface area contributed by atoms with Gasteiger partial charge >= 0.3 is 0 Å². The van der Waals surface area contributed by atoms with Gasteiger partial charge in [0.05, 0.1) is 22.8 Å². The number of para-hydroxylation sites is 2. The van der Waals surface area contributed by atoms with Gasteiger partial charge in [-0.1, -0.05) is 12.1 Å². The standard InChI is InChI=1S/C16H19N5O/c1-10-8-11(2)21(20-10)16-15(17-9-12(3)22)18-13-6-4-5-7-14(13)19-16/h4-8,12,22H,9H2,1-3H3,(H,17,18)/t12-/m1/s1.